The van der Waals surface area contributed by atoms with Crippen LogP contribution in [-0.4, -0.2) is 61.0 Å². The van der Waals surface area contributed by atoms with Gasteiger partial charge in [-0.05, 0) is 26.8 Å². The minimum atomic E-state index is 0. The van der Waals surface area contributed by atoms with Gasteiger partial charge in [-0.3, -0.25) is 9.69 Å². The third-order valence-electron chi connectivity index (χ3n) is 3.77. The summed E-state index contributed by atoms with van der Waals surface area (Å²) in [5.74, 6) is 0.610. The summed E-state index contributed by atoms with van der Waals surface area (Å²) in [5, 5.41) is 3.26. The summed E-state index contributed by atoms with van der Waals surface area (Å²) in [7, 11) is 0. The van der Waals surface area contributed by atoms with Gasteiger partial charge in [-0.25, -0.2) is 0 Å². The Hall–Kier alpha value is -0.0300. The predicted molar refractivity (Wildman–Crippen MR) is 78.8 cm³/mol. The predicted octanol–water partition coefficient (Wildman–Crippen LogP) is 0.992. The number of piperazine rings is 1. The van der Waals surface area contributed by atoms with Crippen molar-refractivity contribution in [2.24, 2.45) is 5.92 Å². The van der Waals surface area contributed by atoms with Crippen LogP contribution in [0.25, 0.3) is 0 Å². The lowest BCUT2D eigenvalue weighted by Gasteiger charge is -2.37. The molecular weight excluding hydrogens is 273 g/mol. The SMILES string of the molecule is CC(C)N1CCN(C(=O)C2CCNC2)CC1.Cl.Cl. The number of nitrogens with one attached hydrogen (secondary N) is 1. The molecule has 2 aliphatic heterocycles. The van der Waals surface area contributed by atoms with Crippen molar-refractivity contribution in [1.29, 1.82) is 0 Å². The van der Waals surface area contributed by atoms with Crippen molar-refractivity contribution < 1.29 is 4.79 Å². The summed E-state index contributed by atoms with van der Waals surface area (Å²) in [6.45, 7) is 10.2. The third-order valence-corrected chi connectivity index (χ3v) is 3.77. The van der Waals surface area contributed by atoms with Crippen LogP contribution >= 0.6 is 24.8 Å². The van der Waals surface area contributed by atoms with E-state index >= 15 is 0 Å². The zero-order chi connectivity index (χ0) is 11.5. The fraction of sp³-hybridized carbons (Fsp3) is 0.917. The number of hydrogen-bond acceptors (Lipinski definition) is 3. The van der Waals surface area contributed by atoms with Gasteiger partial charge < -0.3 is 10.2 Å². The number of carbonyl (C=O) groups excluding carboxylic acids is 1. The Balaban J connectivity index is 0.00000144. The van der Waals surface area contributed by atoms with Gasteiger partial charge in [0.05, 0.1) is 5.92 Å². The molecule has 2 aliphatic rings. The molecule has 0 aromatic heterocycles. The van der Waals surface area contributed by atoms with Crippen LogP contribution < -0.4 is 5.32 Å². The monoisotopic (exact) mass is 297 g/mol. The second-order valence-electron chi connectivity index (χ2n) is 5.14. The zero-order valence-electron chi connectivity index (χ0n) is 11.2. The number of hydrogen-bond donors (Lipinski definition) is 1. The summed E-state index contributed by atoms with van der Waals surface area (Å²) < 4.78 is 0. The highest BCUT2D eigenvalue weighted by atomic mass is 35.5. The van der Waals surface area contributed by atoms with E-state index < -0.39 is 0 Å². The number of halogens is 2. The van der Waals surface area contributed by atoms with Crippen molar-refractivity contribution in [3.05, 3.63) is 0 Å². The molecule has 2 rings (SSSR count). The summed E-state index contributed by atoms with van der Waals surface area (Å²) in [4.78, 5) is 16.6. The van der Waals surface area contributed by atoms with E-state index in [1.165, 1.54) is 0 Å². The fourth-order valence-corrected chi connectivity index (χ4v) is 2.58. The molecule has 6 heteroatoms. The Morgan fingerprint density at radius 2 is 1.78 bits per heavy atom. The molecule has 0 aromatic carbocycles. The minimum Gasteiger partial charge on any atom is -0.340 e. The highest BCUT2D eigenvalue weighted by Crippen LogP contribution is 2.14. The summed E-state index contributed by atoms with van der Waals surface area (Å²) >= 11 is 0. The van der Waals surface area contributed by atoms with Crippen molar-refractivity contribution in [1.82, 2.24) is 15.1 Å². The summed E-state index contributed by atoms with van der Waals surface area (Å²) in [6, 6.07) is 0.602. The van der Waals surface area contributed by atoms with Crippen molar-refractivity contribution in [3.8, 4) is 0 Å². The van der Waals surface area contributed by atoms with E-state index in [0.717, 1.165) is 45.7 Å². The molecule has 1 atom stereocenters. The Labute approximate surface area is 122 Å². The maximum Gasteiger partial charge on any atom is 0.227 e. The standard InChI is InChI=1S/C12H23N3O.2ClH/c1-10(2)14-5-7-15(8-6-14)12(16)11-3-4-13-9-11;;/h10-11,13H,3-9H2,1-2H3;2*1H. The minimum absolute atomic E-state index is 0. The average Bonchev–Trinajstić information content (AvgIpc) is 2.81. The van der Waals surface area contributed by atoms with Crippen LogP contribution in [0.1, 0.15) is 20.3 Å². The van der Waals surface area contributed by atoms with Gasteiger partial charge in [0, 0.05) is 38.8 Å². The molecule has 0 saturated carbocycles. The topological polar surface area (TPSA) is 35.6 Å². The van der Waals surface area contributed by atoms with Crippen molar-refractivity contribution >= 4 is 30.7 Å². The van der Waals surface area contributed by atoms with Crippen LogP contribution in [0.3, 0.4) is 0 Å². The molecule has 2 saturated heterocycles. The van der Waals surface area contributed by atoms with E-state index in [0.29, 0.717) is 11.9 Å². The lowest BCUT2D eigenvalue weighted by Crippen LogP contribution is -2.52. The molecule has 0 bridgehead atoms. The van der Waals surface area contributed by atoms with Crippen molar-refractivity contribution in [2.45, 2.75) is 26.3 Å². The van der Waals surface area contributed by atoms with Gasteiger partial charge >= 0.3 is 0 Å². The highest BCUT2D eigenvalue weighted by Gasteiger charge is 2.29. The lowest BCUT2D eigenvalue weighted by atomic mass is 10.1. The van der Waals surface area contributed by atoms with Crippen LogP contribution in [0.2, 0.25) is 0 Å². The van der Waals surface area contributed by atoms with Crippen molar-refractivity contribution in [3.63, 3.8) is 0 Å². The van der Waals surface area contributed by atoms with Crippen LogP contribution in [0, 0.1) is 5.92 Å². The molecule has 4 nitrogen and oxygen atoms in total. The van der Waals surface area contributed by atoms with Gasteiger partial charge in [0.1, 0.15) is 0 Å². The highest BCUT2D eigenvalue weighted by molar-refractivity contribution is 5.85. The molecule has 0 aliphatic carbocycles. The lowest BCUT2D eigenvalue weighted by molar-refractivity contribution is -0.136. The first-order valence-corrected chi connectivity index (χ1v) is 6.42. The van der Waals surface area contributed by atoms with Gasteiger partial charge in [0.2, 0.25) is 5.91 Å². The molecule has 0 aromatic rings. The van der Waals surface area contributed by atoms with Gasteiger partial charge in [-0.15, -0.1) is 24.8 Å². The van der Waals surface area contributed by atoms with Gasteiger partial charge in [-0.2, -0.15) is 0 Å². The van der Waals surface area contributed by atoms with E-state index in [4.69, 9.17) is 0 Å². The van der Waals surface area contributed by atoms with E-state index in [2.05, 4.69) is 29.0 Å². The first-order valence-electron chi connectivity index (χ1n) is 6.42. The number of amides is 1. The summed E-state index contributed by atoms with van der Waals surface area (Å²) in [6.07, 6.45) is 1.02. The van der Waals surface area contributed by atoms with E-state index in [-0.39, 0.29) is 30.7 Å². The van der Waals surface area contributed by atoms with Crippen LogP contribution in [0.5, 0.6) is 0 Å². The number of carbonyl (C=O) groups is 1. The molecule has 1 N–H and O–H groups in total. The molecule has 0 radical (unpaired) electrons. The van der Waals surface area contributed by atoms with Crippen molar-refractivity contribution in [2.75, 3.05) is 39.3 Å². The van der Waals surface area contributed by atoms with Gasteiger partial charge in [-0.1, -0.05) is 0 Å². The van der Waals surface area contributed by atoms with Crippen LogP contribution in [0.4, 0.5) is 0 Å². The molecular formula is C12H25Cl2N3O. The molecule has 1 amide bonds. The van der Waals surface area contributed by atoms with E-state index in [1.807, 2.05) is 0 Å². The number of rotatable bonds is 2. The maximum absolute atomic E-state index is 12.1. The summed E-state index contributed by atoms with van der Waals surface area (Å²) in [5.41, 5.74) is 0. The van der Waals surface area contributed by atoms with Gasteiger partial charge in [0.15, 0.2) is 0 Å². The first-order chi connectivity index (χ1) is 7.68. The third kappa shape index (κ3) is 4.26. The quantitative estimate of drug-likeness (QED) is 0.826. The maximum atomic E-state index is 12.1. The molecule has 1 unspecified atom stereocenters. The number of nitrogens with zero attached hydrogens (tertiary/aromatic N) is 2. The first kappa shape index (κ1) is 18.0. The smallest absolute Gasteiger partial charge is 0.227 e. The zero-order valence-corrected chi connectivity index (χ0v) is 12.9. The van der Waals surface area contributed by atoms with Gasteiger partial charge in [0.25, 0.3) is 0 Å². The molecule has 108 valence electrons. The molecule has 18 heavy (non-hydrogen) atoms. The van der Waals surface area contributed by atoms with E-state index in [1.54, 1.807) is 0 Å². The fourth-order valence-electron chi connectivity index (χ4n) is 2.58. The second kappa shape index (κ2) is 8.20. The largest absolute Gasteiger partial charge is 0.340 e. The van der Waals surface area contributed by atoms with Crippen LogP contribution in [0.15, 0.2) is 0 Å². The Kier molecular flexibility index (Phi) is 8.19. The molecule has 2 heterocycles. The Bertz CT molecular complexity index is 250. The molecule has 2 fully saturated rings. The van der Waals surface area contributed by atoms with Crippen LogP contribution in [-0.2, 0) is 4.79 Å². The normalized spacial score (nSPS) is 24.6. The van der Waals surface area contributed by atoms with E-state index in [9.17, 15) is 4.79 Å². The molecule has 0 spiro atoms. The Morgan fingerprint density at radius 1 is 1.17 bits per heavy atom. The average molecular weight is 298 g/mol. The Morgan fingerprint density at radius 3 is 2.22 bits per heavy atom. The second-order valence-corrected chi connectivity index (χ2v) is 5.14.